The van der Waals surface area contributed by atoms with E-state index >= 15 is 0 Å². The van der Waals surface area contributed by atoms with Crippen LogP contribution in [0.25, 0.3) is 6.08 Å². The third-order valence-electron chi connectivity index (χ3n) is 2.71. The first-order chi connectivity index (χ1) is 8.22. The predicted molar refractivity (Wildman–Crippen MR) is 69.0 cm³/mol. The van der Waals surface area contributed by atoms with Crippen molar-refractivity contribution < 1.29 is 9.90 Å². The largest absolute Gasteiger partial charge is 0.379 e. The summed E-state index contributed by atoms with van der Waals surface area (Å²) in [7, 11) is 0. The Kier molecular flexibility index (Phi) is 6.08. The molecule has 0 fully saturated rings. The molecular formula is C15H19O2. The summed E-state index contributed by atoms with van der Waals surface area (Å²) in [6.45, 7) is 2.21. The van der Waals surface area contributed by atoms with Crippen LogP contribution in [0.15, 0.2) is 30.3 Å². The highest BCUT2D eigenvalue weighted by atomic mass is 16.4. The Hall–Kier alpha value is -1.57. The third kappa shape index (κ3) is 5.91. The molecule has 0 saturated heterocycles. The second-order valence-corrected chi connectivity index (χ2v) is 4.20. The highest BCUT2D eigenvalue weighted by Crippen LogP contribution is 2.10. The molecule has 2 nitrogen and oxygen atoms in total. The second kappa shape index (κ2) is 7.66. The standard InChI is InChI=1S/C15H19O2/c1-2-3-4-5-6-13-7-9-14(10-8-13)11-12-15(16)17/h7-12H,2-6H2,1H3/b12-11+. The molecule has 0 heterocycles. The van der Waals surface area contributed by atoms with Gasteiger partial charge in [-0.2, -0.15) is 0 Å². The summed E-state index contributed by atoms with van der Waals surface area (Å²) in [6, 6.07) is 7.99. The molecule has 0 aromatic heterocycles. The first kappa shape index (κ1) is 13.5. The van der Waals surface area contributed by atoms with Crippen LogP contribution in [0.5, 0.6) is 0 Å². The summed E-state index contributed by atoms with van der Waals surface area (Å²) in [4.78, 5) is 10.2. The minimum atomic E-state index is -1.16. The maximum absolute atomic E-state index is 10.2. The number of unbranched alkanes of at least 4 members (excludes halogenated alkanes) is 3. The smallest absolute Gasteiger partial charge is 0.242 e. The molecule has 0 aliphatic rings. The summed E-state index contributed by atoms with van der Waals surface area (Å²) < 4.78 is 0. The van der Waals surface area contributed by atoms with Crippen LogP contribution in [0.4, 0.5) is 0 Å². The van der Waals surface area contributed by atoms with Crippen molar-refractivity contribution in [3.63, 3.8) is 0 Å². The van der Waals surface area contributed by atoms with Gasteiger partial charge in [-0.1, -0.05) is 50.5 Å². The van der Waals surface area contributed by atoms with Crippen molar-refractivity contribution in [3.8, 4) is 0 Å². The van der Waals surface area contributed by atoms with Gasteiger partial charge < -0.3 is 0 Å². The summed E-state index contributed by atoms with van der Waals surface area (Å²) in [6.07, 6.45) is 8.77. The van der Waals surface area contributed by atoms with Crippen molar-refractivity contribution in [1.29, 1.82) is 0 Å². The average molecular weight is 231 g/mol. The lowest BCUT2D eigenvalue weighted by atomic mass is 10.0. The van der Waals surface area contributed by atoms with E-state index in [9.17, 15) is 9.90 Å². The lowest BCUT2D eigenvalue weighted by Crippen LogP contribution is -1.87. The van der Waals surface area contributed by atoms with Crippen LogP contribution in [0.3, 0.4) is 0 Å². The van der Waals surface area contributed by atoms with Crippen LogP contribution < -0.4 is 0 Å². The van der Waals surface area contributed by atoms with E-state index in [4.69, 9.17) is 0 Å². The van der Waals surface area contributed by atoms with E-state index < -0.39 is 5.97 Å². The highest BCUT2D eigenvalue weighted by molar-refractivity contribution is 5.84. The molecule has 0 N–H and O–H groups in total. The van der Waals surface area contributed by atoms with Crippen molar-refractivity contribution in [2.45, 2.75) is 39.0 Å². The minimum absolute atomic E-state index is 0.895. The van der Waals surface area contributed by atoms with Crippen LogP contribution in [0.1, 0.15) is 43.7 Å². The Bertz CT molecular complexity index is 363. The first-order valence-corrected chi connectivity index (χ1v) is 6.20. The summed E-state index contributed by atoms with van der Waals surface area (Å²) in [5.74, 6) is -1.16. The molecule has 0 unspecified atom stereocenters. The summed E-state index contributed by atoms with van der Waals surface area (Å²) in [5.41, 5.74) is 2.21. The van der Waals surface area contributed by atoms with E-state index in [1.807, 2.05) is 12.1 Å². The van der Waals surface area contributed by atoms with Crippen molar-refractivity contribution in [3.05, 3.63) is 41.5 Å². The number of rotatable bonds is 7. The maximum Gasteiger partial charge on any atom is 0.379 e. The molecule has 17 heavy (non-hydrogen) atoms. The van der Waals surface area contributed by atoms with Gasteiger partial charge in [-0.15, -0.1) is 0 Å². The van der Waals surface area contributed by atoms with Gasteiger partial charge in [-0.25, -0.2) is 9.90 Å². The number of carbonyl (C=O) groups is 1. The molecule has 0 amide bonds. The zero-order valence-electron chi connectivity index (χ0n) is 10.3. The van der Waals surface area contributed by atoms with Gasteiger partial charge >= 0.3 is 5.97 Å². The van der Waals surface area contributed by atoms with E-state index in [2.05, 4.69) is 19.1 Å². The van der Waals surface area contributed by atoms with Gasteiger partial charge in [0.25, 0.3) is 0 Å². The van der Waals surface area contributed by atoms with Crippen LogP contribution in [-0.4, -0.2) is 5.97 Å². The van der Waals surface area contributed by atoms with E-state index in [0.717, 1.165) is 18.1 Å². The normalized spacial score (nSPS) is 10.9. The Morgan fingerprint density at radius 2 is 1.82 bits per heavy atom. The van der Waals surface area contributed by atoms with E-state index in [-0.39, 0.29) is 0 Å². The molecule has 0 saturated carbocycles. The Balaban J connectivity index is 2.42. The molecule has 1 radical (unpaired) electrons. The Morgan fingerprint density at radius 1 is 1.12 bits per heavy atom. The van der Waals surface area contributed by atoms with E-state index in [0.29, 0.717) is 0 Å². The van der Waals surface area contributed by atoms with E-state index in [1.54, 1.807) is 6.08 Å². The SMILES string of the molecule is CCCCCCc1ccc(/C=C/C([O])=O)cc1. The van der Waals surface area contributed by atoms with Crippen LogP contribution in [-0.2, 0) is 16.3 Å². The topological polar surface area (TPSA) is 37.0 Å². The van der Waals surface area contributed by atoms with E-state index in [1.165, 1.54) is 31.2 Å². The molecule has 2 heteroatoms. The highest BCUT2D eigenvalue weighted by Gasteiger charge is 1.95. The molecule has 91 valence electrons. The molecule has 0 atom stereocenters. The Morgan fingerprint density at radius 3 is 2.41 bits per heavy atom. The lowest BCUT2D eigenvalue weighted by molar-refractivity contribution is -0.137. The number of hydrogen-bond donors (Lipinski definition) is 0. The average Bonchev–Trinajstić information content (AvgIpc) is 2.33. The Labute approximate surface area is 103 Å². The van der Waals surface area contributed by atoms with Crippen molar-refractivity contribution in [2.24, 2.45) is 0 Å². The van der Waals surface area contributed by atoms with Gasteiger partial charge in [0.15, 0.2) is 0 Å². The summed E-state index contributed by atoms with van der Waals surface area (Å²) in [5, 5.41) is 10.2. The number of carbonyl (C=O) groups excluding carboxylic acids is 1. The number of hydrogen-bond acceptors (Lipinski definition) is 1. The van der Waals surface area contributed by atoms with Gasteiger partial charge in [-0.05, 0) is 30.0 Å². The number of aryl methyl sites for hydroxylation is 1. The first-order valence-electron chi connectivity index (χ1n) is 6.20. The van der Waals surface area contributed by atoms with Crippen LogP contribution in [0.2, 0.25) is 0 Å². The fourth-order valence-electron chi connectivity index (χ4n) is 1.72. The quantitative estimate of drug-likeness (QED) is 0.519. The molecule has 0 spiro atoms. The van der Waals surface area contributed by atoms with Gasteiger partial charge in [-0.3, -0.25) is 0 Å². The van der Waals surface area contributed by atoms with Crippen LogP contribution in [0, 0.1) is 0 Å². The van der Waals surface area contributed by atoms with Gasteiger partial charge in [0.1, 0.15) is 0 Å². The number of benzene rings is 1. The molecule has 1 rings (SSSR count). The van der Waals surface area contributed by atoms with Gasteiger partial charge in [0.05, 0.1) is 0 Å². The lowest BCUT2D eigenvalue weighted by Gasteiger charge is -2.01. The fourth-order valence-corrected chi connectivity index (χ4v) is 1.72. The van der Waals surface area contributed by atoms with Crippen molar-refractivity contribution >= 4 is 12.0 Å². The van der Waals surface area contributed by atoms with Crippen molar-refractivity contribution in [1.82, 2.24) is 0 Å². The summed E-state index contributed by atoms with van der Waals surface area (Å²) >= 11 is 0. The molecule has 0 bridgehead atoms. The molecule has 1 aromatic carbocycles. The van der Waals surface area contributed by atoms with Crippen molar-refractivity contribution in [2.75, 3.05) is 0 Å². The zero-order chi connectivity index (χ0) is 12.5. The molecule has 0 aliphatic heterocycles. The molecular weight excluding hydrogens is 212 g/mol. The zero-order valence-corrected chi connectivity index (χ0v) is 10.3. The predicted octanol–water partition coefficient (Wildman–Crippen LogP) is 3.78. The minimum Gasteiger partial charge on any atom is -0.242 e. The van der Waals surface area contributed by atoms with Gasteiger partial charge in [0, 0.05) is 6.08 Å². The molecule has 1 aromatic rings. The van der Waals surface area contributed by atoms with Gasteiger partial charge in [0.2, 0.25) is 0 Å². The second-order valence-electron chi connectivity index (χ2n) is 4.20. The molecule has 0 aliphatic carbocycles. The monoisotopic (exact) mass is 231 g/mol. The van der Waals surface area contributed by atoms with Crippen LogP contribution >= 0.6 is 0 Å². The third-order valence-corrected chi connectivity index (χ3v) is 2.71. The fraction of sp³-hybridized carbons (Fsp3) is 0.400. The maximum atomic E-state index is 10.2.